The number of aromatic nitrogens is 1. The van der Waals surface area contributed by atoms with Gasteiger partial charge in [-0.2, -0.15) is 0 Å². The summed E-state index contributed by atoms with van der Waals surface area (Å²) in [5.41, 5.74) is 0.0601. The third-order valence-corrected chi connectivity index (χ3v) is 2.34. The zero-order chi connectivity index (χ0) is 11.5. The van der Waals surface area contributed by atoms with Crippen LogP contribution in [-0.2, 0) is 0 Å². The van der Waals surface area contributed by atoms with Gasteiger partial charge in [0.15, 0.2) is 0 Å². The number of carbonyl (C=O) groups is 1. The number of amides is 1. The molecule has 4 heteroatoms. The van der Waals surface area contributed by atoms with Crippen molar-refractivity contribution in [2.45, 2.75) is 6.92 Å². The quantitative estimate of drug-likeness (QED) is 0.794. The smallest absolute Gasteiger partial charge is 0.267 e. The summed E-state index contributed by atoms with van der Waals surface area (Å²) in [4.78, 5) is 25.8. The molecule has 0 bridgehead atoms. The molecule has 2 rings (SSSR count). The first kappa shape index (κ1) is 10.4. The molecule has 4 nitrogen and oxygen atoms in total. The monoisotopic (exact) mass is 216 g/mol. The lowest BCUT2D eigenvalue weighted by Crippen LogP contribution is -2.26. The predicted molar refractivity (Wildman–Crippen MR) is 62.6 cm³/mol. The third kappa shape index (κ3) is 1.82. The molecule has 0 saturated carbocycles. The third-order valence-electron chi connectivity index (χ3n) is 2.34. The van der Waals surface area contributed by atoms with Crippen LogP contribution in [0.25, 0.3) is 10.8 Å². The van der Waals surface area contributed by atoms with Crippen LogP contribution in [0.15, 0.2) is 35.1 Å². The lowest BCUT2D eigenvalue weighted by molar-refractivity contribution is 0.0951. The molecule has 1 heterocycles. The van der Waals surface area contributed by atoms with Gasteiger partial charge in [0.25, 0.3) is 11.5 Å². The molecule has 0 aliphatic rings. The van der Waals surface area contributed by atoms with Gasteiger partial charge < -0.3 is 10.3 Å². The summed E-state index contributed by atoms with van der Waals surface area (Å²) in [5.74, 6) is -0.259. The zero-order valence-electron chi connectivity index (χ0n) is 8.91. The highest BCUT2D eigenvalue weighted by atomic mass is 16.2. The van der Waals surface area contributed by atoms with Gasteiger partial charge in [0.05, 0.1) is 0 Å². The minimum atomic E-state index is -0.259. The van der Waals surface area contributed by atoms with E-state index in [1.54, 1.807) is 18.2 Å². The van der Waals surface area contributed by atoms with E-state index in [9.17, 15) is 9.59 Å². The van der Waals surface area contributed by atoms with Crippen LogP contribution in [-0.4, -0.2) is 17.4 Å². The maximum Gasteiger partial charge on any atom is 0.267 e. The number of benzene rings is 1. The number of nitrogens with one attached hydrogen (secondary N) is 2. The van der Waals surface area contributed by atoms with Crippen LogP contribution in [0.5, 0.6) is 0 Å². The summed E-state index contributed by atoms with van der Waals surface area (Å²) in [6.45, 7) is 2.37. The number of fused-ring (bicyclic) bond motifs is 1. The van der Waals surface area contributed by atoms with Crippen LogP contribution >= 0.6 is 0 Å². The molecule has 0 unspecified atom stereocenters. The number of aromatic amines is 1. The van der Waals surface area contributed by atoms with E-state index in [1.807, 2.05) is 19.1 Å². The van der Waals surface area contributed by atoms with Crippen LogP contribution in [0.3, 0.4) is 0 Å². The van der Waals surface area contributed by atoms with Crippen LogP contribution in [0.1, 0.15) is 17.4 Å². The standard InChI is InChI=1S/C12H12N2O2/c1-2-13-12(16)10-7-8-5-3-4-6-9(8)11(15)14-10/h3-7H,2H2,1H3,(H,13,16)(H,14,15). The van der Waals surface area contributed by atoms with E-state index in [0.29, 0.717) is 17.6 Å². The normalized spacial score (nSPS) is 10.3. The van der Waals surface area contributed by atoms with Crippen molar-refractivity contribution in [3.05, 3.63) is 46.4 Å². The number of carbonyl (C=O) groups excluding carboxylic acids is 1. The summed E-state index contributed by atoms with van der Waals surface area (Å²) in [6.07, 6.45) is 0. The van der Waals surface area contributed by atoms with E-state index in [4.69, 9.17) is 0 Å². The number of H-pyrrole nitrogens is 1. The van der Waals surface area contributed by atoms with Crippen molar-refractivity contribution in [3.8, 4) is 0 Å². The van der Waals surface area contributed by atoms with Gasteiger partial charge in [0, 0.05) is 11.9 Å². The fourth-order valence-corrected chi connectivity index (χ4v) is 1.59. The highest BCUT2D eigenvalue weighted by molar-refractivity contribution is 5.96. The van der Waals surface area contributed by atoms with Gasteiger partial charge in [-0.1, -0.05) is 18.2 Å². The molecule has 0 aliphatic carbocycles. The van der Waals surface area contributed by atoms with Crippen molar-refractivity contribution in [2.24, 2.45) is 0 Å². The van der Waals surface area contributed by atoms with Gasteiger partial charge in [-0.3, -0.25) is 9.59 Å². The van der Waals surface area contributed by atoms with Crippen molar-refractivity contribution < 1.29 is 4.79 Å². The largest absolute Gasteiger partial charge is 0.351 e. The van der Waals surface area contributed by atoms with E-state index in [1.165, 1.54) is 0 Å². The Balaban J connectivity index is 2.58. The fraction of sp³-hybridized carbons (Fsp3) is 0.167. The first-order chi connectivity index (χ1) is 7.72. The zero-order valence-corrected chi connectivity index (χ0v) is 8.91. The molecule has 82 valence electrons. The SMILES string of the molecule is CCNC(=O)c1cc2ccccc2c(=O)[nH]1. The molecule has 1 aromatic carbocycles. The number of hydrogen-bond donors (Lipinski definition) is 2. The van der Waals surface area contributed by atoms with Gasteiger partial charge in [-0.15, -0.1) is 0 Å². The molecule has 0 spiro atoms. The van der Waals surface area contributed by atoms with E-state index in [-0.39, 0.29) is 11.5 Å². The highest BCUT2D eigenvalue weighted by Gasteiger charge is 2.07. The highest BCUT2D eigenvalue weighted by Crippen LogP contribution is 2.09. The molecule has 16 heavy (non-hydrogen) atoms. The lowest BCUT2D eigenvalue weighted by Gasteiger charge is -2.03. The summed E-state index contributed by atoms with van der Waals surface area (Å²) in [7, 11) is 0. The predicted octanol–water partition coefficient (Wildman–Crippen LogP) is 1.28. The second-order valence-corrected chi connectivity index (χ2v) is 3.46. The minimum absolute atomic E-state index is 0.237. The average molecular weight is 216 g/mol. The van der Waals surface area contributed by atoms with Crippen molar-refractivity contribution in [1.82, 2.24) is 10.3 Å². The van der Waals surface area contributed by atoms with E-state index in [2.05, 4.69) is 10.3 Å². The van der Waals surface area contributed by atoms with Crippen LogP contribution < -0.4 is 10.9 Å². The molecular weight excluding hydrogens is 204 g/mol. The van der Waals surface area contributed by atoms with Crippen LogP contribution in [0.4, 0.5) is 0 Å². The first-order valence-corrected chi connectivity index (χ1v) is 5.12. The number of pyridine rings is 1. The summed E-state index contributed by atoms with van der Waals surface area (Å²) < 4.78 is 0. The Hall–Kier alpha value is -2.10. The lowest BCUT2D eigenvalue weighted by atomic mass is 10.1. The van der Waals surface area contributed by atoms with E-state index in [0.717, 1.165) is 5.39 Å². The Kier molecular flexibility index (Phi) is 2.72. The van der Waals surface area contributed by atoms with Crippen LogP contribution in [0, 0.1) is 0 Å². The molecule has 0 radical (unpaired) electrons. The fourth-order valence-electron chi connectivity index (χ4n) is 1.59. The Morgan fingerprint density at radius 1 is 1.38 bits per heavy atom. The van der Waals surface area contributed by atoms with Crippen molar-refractivity contribution in [3.63, 3.8) is 0 Å². The molecule has 0 aliphatic heterocycles. The van der Waals surface area contributed by atoms with Gasteiger partial charge in [-0.25, -0.2) is 0 Å². The Morgan fingerprint density at radius 2 is 2.12 bits per heavy atom. The van der Waals surface area contributed by atoms with Crippen molar-refractivity contribution in [1.29, 1.82) is 0 Å². The maximum absolute atomic E-state index is 11.7. The Bertz CT molecular complexity index is 587. The first-order valence-electron chi connectivity index (χ1n) is 5.12. The number of hydrogen-bond acceptors (Lipinski definition) is 2. The van der Waals surface area contributed by atoms with Gasteiger partial charge >= 0.3 is 0 Å². The summed E-state index contributed by atoms with van der Waals surface area (Å²) >= 11 is 0. The molecule has 1 aromatic heterocycles. The minimum Gasteiger partial charge on any atom is -0.351 e. The number of rotatable bonds is 2. The molecule has 0 atom stereocenters. The summed E-state index contributed by atoms with van der Waals surface area (Å²) in [5, 5.41) is 4.01. The van der Waals surface area contributed by atoms with Gasteiger partial charge in [-0.05, 0) is 24.4 Å². The molecule has 0 saturated heterocycles. The van der Waals surface area contributed by atoms with E-state index >= 15 is 0 Å². The Morgan fingerprint density at radius 3 is 2.88 bits per heavy atom. The van der Waals surface area contributed by atoms with E-state index < -0.39 is 0 Å². The topological polar surface area (TPSA) is 62.0 Å². The molecule has 0 fully saturated rings. The Labute approximate surface area is 92.3 Å². The summed E-state index contributed by atoms with van der Waals surface area (Å²) in [6, 6.07) is 8.86. The van der Waals surface area contributed by atoms with Gasteiger partial charge in [0.2, 0.25) is 0 Å². The molecule has 2 N–H and O–H groups in total. The van der Waals surface area contributed by atoms with Crippen LogP contribution in [0.2, 0.25) is 0 Å². The molecule has 2 aromatic rings. The van der Waals surface area contributed by atoms with Crippen molar-refractivity contribution in [2.75, 3.05) is 6.54 Å². The maximum atomic E-state index is 11.7. The van der Waals surface area contributed by atoms with Crippen molar-refractivity contribution >= 4 is 16.7 Å². The van der Waals surface area contributed by atoms with Gasteiger partial charge in [0.1, 0.15) is 5.69 Å². The molecular formula is C12H12N2O2. The second-order valence-electron chi connectivity index (χ2n) is 3.46. The molecule has 1 amide bonds. The second kappa shape index (κ2) is 4.18. The average Bonchev–Trinajstić information content (AvgIpc) is 2.29.